The van der Waals surface area contributed by atoms with Crippen molar-refractivity contribution in [3.05, 3.63) is 29.8 Å². The molecule has 0 radical (unpaired) electrons. The second-order valence-corrected chi connectivity index (χ2v) is 8.02. The Morgan fingerprint density at radius 2 is 1.63 bits per heavy atom. The fourth-order valence-corrected chi connectivity index (χ4v) is 2.67. The van der Waals surface area contributed by atoms with Gasteiger partial charge in [0.25, 0.3) is 5.91 Å². The van der Waals surface area contributed by atoms with E-state index in [9.17, 15) is 9.59 Å². The van der Waals surface area contributed by atoms with Gasteiger partial charge in [0, 0.05) is 38.2 Å². The molecule has 0 spiro atoms. The highest BCUT2D eigenvalue weighted by molar-refractivity contribution is 5.94. The Balaban J connectivity index is -0.000000891. The molecule has 2 amide bonds. The van der Waals surface area contributed by atoms with Gasteiger partial charge in [-0.3, -0.25) is 9.59 Å². The van der Waals surface area contributed by atoms with Crippen molar-refractivity contribution in [2.24, 2.45) is 5.73 Å². The van der Waals surface area contributed by atoms with Crippen LogP contribution in [0.25, 0.3) is 0 Å². The van der Waals surface area contributed by atoms with E-state index in [1.807, 2.05) is 41.7 Å². The number of likely N-dealkylation sites (N-methyl/N-ethyl adjacent to an activating group) is 1. The normalized spacial score (nSPS) is 10.1. The molecular weight excluding hydrogens is 552 g/mol. The molecule has 0 heterocycles. The largest absolute Gasteiger partial charge is 0.489 e. The van der Waals surface area contributed by atoms with E-state index in [2.05, 4.69) is 34.7 Å². The first kappa shape index (κ1) is 44.7. The van der Waals surface area contributed by atoms with Crippen molar-refractivity contribution in [3.63, 3.8) is 0 Å². The molecule has 1 rings (SSSR count). The zero-order valence-corrected chi connectivity index (χ0v) is 27.8. The summed E-state index contributed by atoms with van der Waals surface area (Å²) >= 11 is 0. The van der Waals surface area contributed by atoms with Crippen LogP contribution in [0.5, 0.6) is 5.75 Å². The summed E-state index contributed by atoms with van der Waals surface area (Å²) in [5, 5.41) is 8.28. The lowest BCUT2D eigenvalue weighted by atomic mass is 10.2. The van der Waals surface area contributed by atoms with Gasteiger partial charge in [-0.1, -0.05) is 60.0 Å². The molecule has 0 aromatic heterocycles. The Morgan fingerprint density at radius 3 is 2.28 bits per heavy atom. The van der Waals surface area contributed by atoms with E-state index < -0.39 is 6.23 Å². The minimum atomic E-state index is -0.572. The number of carbonyl (C=O) groups excluding carboxylic acids is 2. The topological polar surface area (TPSA) is 142 Å². The van der Waals surface area contributed by atoms with Gasteiger partial charge in [-0.15, -0.1) is 5.92 Å². The number of rotatable bonds is 22. The lowest BCUT2D eigenvalue weighted by Crippen LogP contribution is -2.32. The zero-order valence-electron chi connectivity index (χ0n) is 27.8. The average molecular weight is 613 g/mol. The molecule has 5 N–H and O–H groups in total. The Labute approximate surface area is 261 Å². The minimum Gasteiger partial charge on any atom is -0.489 e. The van der Waals surface area contributed by atoms with Crippen molar-refractivity contribution >= 4 is 12.3 Å². The van der Waals surface area contributed by atoms with Crippen LogP contribution in [-0.2, 0) is 23.7 Å². The standard InChI is InChI=1S/C20H35N3O5.C8H13NO2.2C2H6/c1-3-4-10-25-11-12-26-13-14-27-19(21)16-28-18-7-5-6-17(15-18)20(24)23-9-8-22-2;1-2-3-4-6-11-7-5-9-8-10;2*1-2/h5-7,15,19,22H,3-4,8-14,16,21H2,1-2H3,(H,23,24);8H,2,5-7H2,1H3,(H,9,10);2*1-2H3. The number of amides is 2. The molecule has 0 aliphatic heterocycles. The number of nitrogens with one attached hydrogen (secondary N) is 3. The van der Waals surface area contributed by atoms with Gasteiger partial charge < -0.3 is 45.4 Å². The Kier molecular flexibility index (Phi) is 40.8. The van der Waals surface area contributed by atoms with Crippen LogP contribution in [0.3, 0.4) is 0 Å². The van der Waals surface area contributed by atoms with E-state index in [0.29, 0.717) is 77.0 Å². The van der Waals surface area contributed by atoms with Gasteiger partial charge in [-0.2, -0.15) is 0 Å². The van der Waals surface area contributed by atoms with Crippen molar-refractivity contribution in [1.29, 1.82) is 0 Å². The number of benzene rings is 1. The summed E-state index contributed by atoms with van der Waals surface area (Å²) in [5.41, 5.74) is 6.42. The Bertz CT molecular complexity index is 788. The van der Waals surface area contributed by atoms with Gasteiger partial charge in [0.05, 0.1) is 33.0 Å². The molecule has 1 unspecified atom stereocenters. The molecule has 1 aromatic rings. The zero-order chi connectivity index (χ0) is 32.8. The monoisotopic (exact) mass is 612 g/mol. The van der Waals surface area contributed by atoms with Crippen molar-refractivity contribution in [2.45, 2.75) is 67.0 Å². The summed E-state index contributed by atoms with van der Waals surface area (Å²) in [5.74, 6) is 6.13. The number of ether oxygens (including phenoxy) is 5. The van der Waals surface area contributed by atoms with Crippen LogP contribution in [0.15, 0.2) is 24.3 Å². The number of nitrogens with two attached hydrogens (primary N) is 1. The predicted molar refractivity (Wildman–Crippen MR) is 174 cm³/mol. The van der Waals surface area contributed by atoms with Crippen molar-refractivity contribution < 1.29 is 33.3 Å². The molecule has 0 aliphatic rings. The molecule has 0 aliphatic carbocycles. The summed E-state index contributed by atoms with van der Waals surface area (Å²) < 4.78 is 26.9. The number of unbranched alkanes of at least 4 members (excludes halogenated alkanes) is 1. The Hall–Kier alpha value is -2.72. The molecule has 0 fully saturated rings. The first-order valence-corrected chi connectivity index (χ1v) is 15.5. The van der Waals surface area contributed by atoms with E-state index in [0.717, 1.165) is 25.9 Å². The summed E-state index contributed by atoms with van der Waals surface area (Å²) in [6.45, 7) is 17.8. The third-order valence-corrected chi connectivity index (χ3v) is 4.69. The highest BCUT2D eigenvalue weighted by Gasteiger charge is 2.08. The molecule has 0 saturated heterocycles. The smallest absolute Gasteiger partial charge is 0.251 e. The number of hydrogen-bond acceptors (Lipinski definition) is 9. The fourth-order valence-electron chi connectivity index (χ4n) is 2.67. The lowest BCUT2D eigenvalue weighted by Gasteiger charge is -2.15. The minimum absolute atomic E-state index is 0.142. The highest BCUT2D eigenvalue weighted by Crippen LogP contribution is 2.13. The van der Waals surface area contributed by atoms with Gasteiger partial charge in [-0.25, -0.2) is 0 Å². The van der Waals surface area contributed by atoms with Gasteiger partial charge >= 0.3 is 0 Å². The van der Waals surface area contributed by atoms with Crippen LogP contribution in [0.2, 0.25) is 0 Å². The molecule has 0 bridgehead atoms. The van der Waals surface area contributed by atoms with Crippen LogP contribution in [0.4, 0.5) is 0 Å². The molecule has 11 nitrogen and oxygen atoms in total. The van der Waals surface area contributed by atoms with E-state index in [1.54, 1.807) is 24.3 Å². The highest BCUT2D eigenvalue weighted by atomic mass is 16.6. The van der Waals surface area contributed by atoms with Gasteiger partial charge in [0.2, 0.25) is 6.41 Å². The van der Waals surface area contributed by atoms with Crippen molar-refractivity contribution in [3.8, 4) is 17.6 Å². The summed E-state index contributed by atoms with van der Waals surface area (Å²) in [4.78, 5) is 21.8. The van der Waals surface area contributed by atoms with Crippen molar-refractivity contribution in [2.75, 3.05) is 79.5 Å². The maximum atomic E-state index is 12.0. The molecule has 1 atom stereocenters. The number of carbonyl (C=O) groups is 2. The summed E-state index contributed by atoms with van der Waals surface area (Å²) in [6.07, 6.45) is 3.14. The summed E-state index contributed by atoms with van der Waals surface area (Å²) in [6, 6.07) is 6.97. The third kappa shape index (κ3) is 33.6. The van der Waals surface area contributed by atoms with E-state index in [4.69, 9.17) is 29.4 Å². The van der Waals surface area contributed by atoms with Crippen LogP contribution in [0.1, 0.15) is 71.2 Å². The van der Waals surface area contributed by atoms with E-state index in [1.165, 1.54) is 0 Å². The van der Waals surface area contributed by atoms with Gasteiger partial charge in [-0.05, 0) is 31.7 Å². The lowest BCUT2D eigenvalue weighted by molar-refractivity contribution is -0.109. The van der Waals surface area contributed by atoms with Gasteiger partial charge in [0.15, 0.2) is 0 Å². The molecule has 250 valence electrons. The van der Waals surface area contributed by atoms with Crippen LogP contribution < -0.4 is 26.4 Å². The average Bonchev–Trinajstić information content (AvgIpc) is 3.05. The molecule has 0 saturated carbocycles. The predicted octanol–water partition coefficient (Wildman–Crippen LogP) is 3.36. The van der Waals surface area contributed by atoms with E-state index >= 15 is 0 Å². The second-order valence-electron chi connectivity index (χ2n) is 8.02. The molecule has 1 aromatic carbocycles. The number of hydrogen-bond donors (Lipinski definition) is 4. The maximum absolute atomic E-state index is 12.0. The SMILES string of the molecule is CC.CC.CCC#CCOCCNC=O.CCCCOCCOCCOC(N)COc1cccc(C(=O)NCCNC)c1. The fraction of sp³-hybridized carbons (Fsp3) is 0.688. The van der Waals surface area contributed by atoms with Crippen molar-refractivity contribution in [1.82, 2.24) is 16.0 Å². The van der Waals surface area contributed by atoms with Gasteiger partial charge in [0.1, 0.15) is 25.2 Å². The maximum Gasteiger partial charge on any atom is 0.251 e. The first-order chi connectivity index (χ1) is 21.1. The molecule has 43 heavy (non-hydrogen) atoms. The third-order valence-electron chi connectivity index (χ3n) is 4.69. The second kappa shape index (κ2) is 39.3. The summed E-state index contributed by atoms with van der Waals surface area (Å²) in [7, 11) is 1.83. The van der Waals surface area contributed by atoms with Crippen LogP contribution in [-0.4, -0.2) is 98.1 Å². The first-order valence-electron chi connectivity index (χ1n) is 15.5. The quantitative estimate of drug-likeness (QED) is 0.0671. The Morgan fingerprint density at radius 1 is 0.930 bits per heavy atom. The van der Waals surface area contributed by atoms with Crippen LogP contribution >= 0.6 is 0 Å². The van der Waals surface area contributed by atoms with Crippen LogP contribution in [0, 0.1) is 11.8 Å². The molecular formula is C32H60N4O7. The van der Waals surface area contributed by atoms with E-state index in [-0.39, 0.29) is 12.5 Å². The molecule has 11 heteroatoms.